The van der Waals surface area contributed by atoms with Gasteiger partial charge in [0, 0.05) is 30.3 Å². The van der Waals surface area contributed by atoms with E-state index < -0.39 is 0 Å². The fraction of sp³-hybridized carbons (Fsp3) is 0.500. The van der Waals surface area contributed by atoms with Crippen LogP contribution in [0, 0.1) is 0 Å². The predicted octanol–water partition coefficient (Wildman–Crippen LogP) is 3.35. The van der Waals surface area contributed by atoms with Crippen LogP contribution in [0.5, 0.6) is 0 Å². The first-order valence-corrected chi connectivity index (χ1v) is 7.73. The molecule has 1 saturated carbocycles. The van der Waals surface area contributed by atoms with Crippen molar-refractivity contribution in [2.45, 2.75) is 44.4 Å². The molecule has 1 aliphatic carbocycles. The van der Waals surface area contributed by atoms with Crippen LogP contribution >= 0.6 is 0 Å². The Balaban J connectivity index is 1.29. The van der Waals surface area contributed by atoms with Crippen LogP contribution in [-0.2, 0) is 6.42 Å². The van der Waals surface area contributed by atoms with Gasteiger partial charge in [0.05, 0.1) is 0 Å². The van der Waals surface area contributed by atoms with Crippen molar-refractivity contribution in [3.8, 4) is 0 Å². The van der Waals surface area contributed by atoms with Crippen LogP contribution in [0.25, 0.3) is 0 Å². The van der Waals surface area contributed by atoms with Crippen molar-refractivity contribution < 1.29 is 4.52 Å². The summed E-state index contributed by atoms with van der Waals surface area (Å²) in [6.45, 7) is 0.959. The molecule has 5 nitrogen and oxygen atoms in total. The number of hydrogen-bond donors (Lipinski definition) is 2. The summed E-state index contributed by atoms with van der Waals surface area (Å²) in [6, 6.07) is 7.85. The Labute approximate surface area is 124 Å². The second kappa shape index (κ2) is 6.61. The van der Waals surface area contributed by atoms with E-state index in [0.717, 1.165) is 55.3 Å². The van der Waals surface area contributed by atoms with E-state index in [1.54, 1.807) is 0 Å². The van der Waals surface area contributed by atoms with Gasteiger partial charge in [-0.25, -0.2) is 0 Å². The molecule has 1 aromatic heterocycles. The molecule has 5 heteroatoms. The van der Waals surface area contributed by atoms with Crippen molar-refractivity contribution >= 4 is 11.4 Å². The van der Waals surface area contributed by atoms with Crippen LogP contribution in [0.1, 0.15) is 49.7 Å². The number of nitrogens with two attached hydrogens (primary N) is 1. The number of nitrogen functional groups attached to an aromatic ring is 1. The topological polar surface area (TPSA) is 77.0 Å². The fourth-order valence-electron chi connectivity index (χ4n) is 2.34. The van der Waals surface area contributed by atoms with Crippen LogP contribution in [0.4, 0.5) is 11.4 Å². The Hall–Kier alpha value is -2.04. The van der Waals surface area contributed by atoms with Crippen LogP contribution in [0.3, 0.4) is 0 Å². The molecule has 1 heterocycles. The standard InChI is InChI=1S/C16H22N4O/c17-13-5-4-6-14(11-13)18-10-3-1-2-7-15-19-16(20-21-15)12-8-9-12/h4-6,11-12,18H,1-3,7-10,17H2. The largest absolute Gasteiger partial charge is 0.399 e. The first-order chi connectivity index (χ1) is 10.3. The highest BCUT2D eigenvalue weighted by Crippen LogP contribution is 2.38. The maximum absolute atomic E-state index is 5.74. The van der Waals surface area contributed by atoms with Gasteiger partial charge in [-0.15, -0.1) is 0 Å². The number of benzene rings is 1. The van der Waals surface area contributed by atoms with Crippen molar-refractivity contribution in [3.05, 3.63) is 36.0 Å². The lowest BCUT2D eigenvalue weighted by molar-refractivity contribution is 0.369. The smallest absolute Gasteiger partial charge is 0.226 e. The molecular formula is C16H22N4O. The van der Waals surface area contributed by atoms with Gasteiger partial charge in [0.2, 0.25) is 5.89 Å². The zero-order valence-corrected chi connectivity index (χ0v) is 12.2. The zero-order chi connectivity index (χ0) is 14.5. The molecule has 0 atom stereocenters. The molecule has 0 saturated heterocycles. The third-order valence-corrected chi connectivity index (χ3v) is 3.71. The lowest BCUT2D eigenvalue weighted by Crippen LogP contribution is -2.02. The first-order valence-electron chi connectivity index (χ1n) is 7.73. The molecule has 0 unspecified atom stereocenters. The summed E-state index contributed by atoms with van der Waals surface area (Å²) in [7, 11) is 0. The average molecular weight is 286 g/mol. The van der Waals surface area contributed by atoms with Gasteiger partial charge in [0.15, 0.2) is 5.82 Å². The lowest BCUT2D eigenvalue weighted by atomic mass is 10.2. The maximum Gasteiger partial charge on any atom is 0.226 e. The molecule has 1 aliphatic rings. The minimum absolute atomic E-state index is 0.574. The first kappa shape index (κ1) is 13.9. The minimum atomic E-state index is 0.574. The molecule has 3 N–H and O–H groups in total. The molecule has 1 fully saturated rings. The molecule has 3 rings (SSSR count). The number of unbranched alkanes of at least 4 members (excludes halogenated alkanes) is 2. The third kappa shape index (κ3) is 4.21. The molecule has 1 aromatic carbocycles. The summed E-state index contributed by atoms with van der Waals surface area (Å²) < 4.78 is 5.26. The Morgan fingerprint density at radius 3 is 2.95 bits per heavy atom. The number of aromatic nitrogens is 2. The monoisotopic (exact) mass is 286 g/mol. The van der Waals surface area contributed by atoms with Crippen molar-refractivity contribution in [2.24, 2.45) is 0 Å². The van der Waals surface area contributed by atoms with Crippen molar-refractivity contribution in [2.75, 3.05) is 17.6 Å². The normalized spacial score (nSPS) is 14.3. The van der Waals surface area contributed by atoms with Crippen molar-refractivity contribution in [1.82, 2.24) is 10.1 Å². The summed E-state index contributed by atoms with van der Waals surface area (Å²) in [6.07, 6.45) is 6.68. The van der Waals surface area contributed by atoms with E-state index in [2.05, 4.69) is 15.5 Å². The van der Waals surface area contributed by atoms with Gasteiger partial charge in [-0.2, -0.15) is 4.98 Å². The predicted molar refractivity (Wildman–Crippen MR) is 83.2 cm³/mol. The molecule has 0 bridgehead atoms. The van der Waals surface area contributed by atoms with E-state index in [4.69, 9.17) is 10.3 Å². The van der Waals surface area contributed by atoms with Gasteiger partial charge in [0.1, 0.15) is 0 Å². The second-order valence-corrected chi connectivity index (χ2v) is 5.68. The van der Waals surface area contributed by atoms with Gasteiger partial charge in [0.25, 0.3) is 0 Å². The average Bonchev–Trinajstić information content (AvgIpc) is 3.22. The third-order valence-electron chi connectivity index (χ3n) is 3.71. The van der Waals surface area contributed by atoms with E-state index in [1.165, 1.54) is 12.8 Å². The number of anilines is 2. The quantitative estimate of drug-likeness (QED) is 0.575. The summed E-state index contributed by atoms with van der Waals surface area (Å²) in [5.74, 6) is 2.28. The molecular weight excluding hydrogens is 264 g/mol. The molecule has 112 valence electrons. The van der Waals surface area contributed by atoms with E-state index in [1.807, 2.05) is 24.3 Å². The summed E-state index contributed by atoms with van der Waals surface area (Å²) in [5, 5.41) is 7.41. The lowest BCUT2D eigenvalue weighted by Gasteiger charge is -2.06. The van der Waals surface area contributed by atoms with Crippen LogP contribution in [0.2, 0.25) is 0 Å². The molecule has 0 radical (unpaired) electrons. The molecule has 0 aliphatic heterocycles. The Morgan fingerprint density at radius 1 is 1.24 bits per heavy atom. The van der Waals surface area contributed by atoms with Gasteiger partial charge in [-0.3, -0.25) is 0 Å². The molecule has 2 aromatic rings. The number of hydrogen-bond acceptors (Lipinski definition) is 5. The Kier molecular flexibility index (Phi) is 4.38. The Bertz CT molecular complexity index is 577. The fourth-order valence-corrected chi connectivity index (χ4v) is 2.34. The van der Waals surface area contributed by atoms with Gasteiger partial charge < -0.3 is 15.6 Å². The van der Waals surface area contributed by atoms with Crippen LogP contribution < -0.4 is 11.1 Å². The number of nitrogens with zero attached hydrogens (tertiary/aromatic N) is 2. The van der Waals surface area contributed by atoms with Crippen LogP contribution in [-0.4, -0.2) is 16.7 Å². The highest BCUT2D eigenvalue weighted by Gasteiger charge is 2.28. The summed E-state index contributed by atoms with van der Waals surface area (Å²) in [4.78, 5) is 4.44. The SMILES string of the molecule is Nc1cccc(NCCCCCc2nc(C3CC3)no2)c1. The van der Waals surface area contributed by atoms with Crippen molar-refractivity contribution in [3.63, 3.8) is 0 Å². The van der Waals surface area contributed by atoms with Crippen molar-refractivity contribution in [1.29, 1.82) is 0 Å². The highest BCUT2D eigenvalue weighted by atomic mass is 16.5. The molecule has 0 spiro atoms. The number of rotatable bonds is 8. The second-order valence-electron chi connectivity index (χ2n) is 5.68. The van der Waals surface area contributed by atoms with Gasteiger partial charge in [-0.1, -0.05) is 17.6 Å². The number of nitrogens with one attached hydrogen (secondary N) is 1. The van der Waals surface area contributed by atoms with E-state index >= 15 is 0 Å². The summed E-state index contributed by atoms with van der Waals surface area (Å²) in [5.41, 5.74) is 7.62. The van der Waals surface area contributed by atoms with E-state index in [-0.39, 0.29) is 0 Å². The molecule has 0 amide bonds. The number of aryl methyl sites for hydroxylation is 1. The van der Waals surface area contributed by atoms with Gasteiger partial charge in [-0.05, 0) is 43.9 Å². The summed E-state index contributed by atoms with van der Waals surface area (Å²) >= 11 is 0. The zero-order valence-electron chi connectivity index (χ0n) is 12.2. The molecule has 21 heavy (non-hydrogen) atoms. The van der Waals surface area contributed by atoms with Gasteiger partial charge >= 0.3 is 0 Å². The highest BCUT2D eigenvalue weighted by molar-refractivity contribution is 5.53. The maximum atomic E-state index is 5.74. The van der Waals surface area contributed by atoms with E-state index in [0.29, 0.717) is 5.92 Å². The van der Waals surface area contributed by atoms with E-state index in [9.17, 15) is 0 Å². The Morgan fingerprint density at radius 2 is 2.14 bits per heavy atom. The van der Waals surface area contributed by atoms with Crippen LogP contribution in [0.15, 0.2) is 28.8 Å². The minimum Gasteiger partial charge on any atom is -0.399 e.